The van der Waals surface area contributed by atoms with Crippen molar-refractivity contribution in [3.05, 3.63) is 63.2 Å². The van der Waals surface area contributed by atoms with Crippen molar-refractivity contribution in [1.82, 2.24) is 0 Å². The van der Waals surface area contributed by atoms with E-state index in [-0.39, 0.29) is 6.04 Å². The molecule has 2 N–H and O–H groups in total. The number of ether oxygens (including phenoxy) is 1. The molecule has 3 heteroatoms. The lowest BCUT2D eigenvalue weighted by atomic mass is 9.95. The van der Waals surface area contributed by atoms with Gasteiger partial charge in [-0.05, 0) is 48.6 Å². The van der Waals surface area contributed by atoms with Crippen LogP contribution < -0.4 is 10.5 Å². The molecule has 0 aromatic heterocycles. The van der Waals surface area contributed by atoms with Gasteiger partial charge in [-0.3, -0.25) is 0 Å². The van der Waals surface area contributed by atoms with Gasteiger partial charge < -0.3 is 10.5 Å². The number of halogens is 1. The topological polar surface area (TPSA) is 35.2 Å². The molecule has 1 atom stereocenters. The lowest BCUT2D eigenvalue weighted by molar-refractivity contribution is 0.408. The predicted octanol–water partition coefficient (Wildman–Crippen LogP) is 4.32. The molecule has 2 aromatic carbocycles. The Hall–Kier alpha value is -1.51. The van der Waals surface area contributed by atoms with Crippen LogP contribution in [0.1, 0.15) is 33.9 Å². The molecule has 0 amide bonds. The number of benzene rings is 2. The van der Waals surface area contributed by atoms with E-state index in [1.54, 1.807) is 7.11 Å². The van der Waals surface area contributed by atoms with Crippen molar-refractivity contribution in [3.8, 4) is 5.75 Å². The van der Waals surface area contributed by atoms with Crippen LogP contribution in [0.4, 0.5) is 0 Å². The summed E-state index contributed by atoms with van der Waals surface area (Å²) >= 11 is 6.37. The van der Waals surface area contributed by atoms with E-state index >= 15 is 0 Å². The Morgan fingerprint density at radius 3 is 2.20 bits per heavy atom. The minimum atomic E-state index is -0.231. The number of aryl methyl sites for hydroxylation is 3. The third kappa shape index (κ3) is 2.67. The first kappa shape index (κ1) is 14.9. The highest BCUT2D eigenvalue weighted by molar-refractivity contribution is 6.32. The van der Waals surface area contributed by atoms with Gasteiger partial charge in [-0.1, -0.05) is 41.9 Å². The van der Waals surface area contributed by atoms with Crippen LogP contribution in [0.5, 0.6) is 5.75 Å². The van der Waals surface area contributed by atoms with Crippen LogP contribution in [0, 0.1) is 20.8 Å². The summed E-state index contributed by atoms with van der Waals surface area (Å²) in [5, 5.41) is 0.742. The summed E-state index contributed by atoms with van der Waals surface area (Å²) in [6.07, 6.45) is 0. The Balaban J connectivity index is 2.49. The quantitative estimate of drug-likeness (QED) is 0.913. The monoisotopic (exact) mass is 289 g/mol. The van der Waals surface area contributed by atoms with E-state index in [1.807, 2.05) is 39.0 Å². The highest BCUT2D eigenvalue weighted by atomic mass is 35.5. The number of hydrogen-bond donors (Lipinski definition) is 1. The van der Waals surface area contributed by atoms with Gasteiger partial charge in [0.15, 0.2) is 0 Å². The molecule has 0 aliphatic carbocycles. The van der Waals surface area contributed by atoms with E-state index in [1.165, 1.54) is 0 Å². The molecule has 106 valence electrons. The van der Waals surface area contributed by atoms with Crippen LogP contribution in [0.15, 0.2) is 30.3 Å². The molecule has 0 radical (unpaired) electrons. The van der Waals surface area contributed by atoms with E-state index in [9.17, 15) is 0 Å². The maximum Gasteiger partial charge on any atom is 0.124 e. The van der Waals surface area contributed by atoms with Gasteiger partial charge in [-0.15, -0.1) is 0 Å². The van der Waals surface area contributed by atoms with Gasteiger partial charge in [0.1, 0.15) is 5.75 Å². The van der Waals surface area contributed by atoms with E-state index in [4.69, 9.17) is 22.1 Å². The van der Waals surface area contributed by atoms with E-state index in [2.05, 4.69) is 12.1 Å². The summed E-state index contributed by atoms with van der Waals surface area (Å²) in [4.78, 5) is 0. The molecule has 0 aliphatic rings. The smallest absolute Gasteiger partial charge is 0.124 e. The molecular weight excluding hydrogens is 270 g/mol. The van der Waals surface area contributed by atoms with Gasteiger partial charge in [-0.25, -0.2) is 0 Å². The molecular formula is C17H20ClNO. The minimum Gasteiger partial charge on any atom is -0.496 e. The first-order valence-electron chi connectivity index (χ1n) is 6.61. The number of nitrogens with two attached hydrogens (primary N) is 1. The van der Waals surface area contributed by atoms with Gasteiger partial charge in [-0.2, -0.15) is 0 Å². The second-order valence-electron chi connectivity index (χ2n) is 5.14. The van der Waals surface area contributed by atoms with Gasteiger partial charge in [0.2, 0.25) is 0 Å². The van der Waals surface area contributed by atoms with E-state index < -0.39 is 0 Å². The van der Waals surface area contributed by atoms with Crippen LogP contribution in [-0.2, 0) is 0 Å². The average molecular weight is 290 g/mol. The van der Waals surface area contributed by atoms with Crippen molar-refractivity contribution in [2.75, 3.05) is 7.11 Å². The van der Waals surface area contributed by atoms with Crippen molar-refractivity contribution in [3.63, 3.8) is 0 Å². The summed E-state index contributed by atoms with van der Waals surface area (Å²) in [5.41, 5.74) is 11.6. The zero-order valence-corrected chi connectivity index (χ0v) is 13.1. The van der Waals surface area contributed by atoms with Crippen LogP contribution >= 0.6 is 11.6 Å². The fourth-order valence-electron chi connectivity index (χ4n) is 2.58. The van der Waals surface area contributed by atoms with Crippen LogP contribution in [0.25, 0.3) is 0 Å². The second-order valence-corrected chi connectivity index (χ2v) is 5.52. The Morgan fingerprint density at radius 1 is 1.05 bits per heavy atom. The van der Waals surface area contributed by atoms with Crippen LogP contribution in [-0.4, -0.2) is 7.11 Å². The normalized spacial score (nSPS) is 12.3. The molecule has 2 nitrogen and oxygen atoms in total. The third-order valence-electron chi connectivity index (χ3n) is 3.60. The van der Waals surface area contributed by atoms with Crippen molar-refractivity contribution in [2.45, 2.75) is 26.8 Å². The molecule has 0 bridgehead atoms. The standard InChI is InChI=1S/C17H20ClNO/c1-10-6-5-7-14(15(10)18)16(19)13-8-11(2)17(20-4)12(3)9-13/h5-9,16H,19H2,1-4H3. The van der Waals surface area contributed by atoms with Gasteiger partial charge >= 0.3 is 0 Å². The maximum atomic E-state index is 6.39. The molecule has 0 spiro atoms. The van der Waals surface area contributed by atoms with Gasteiger partial charge in [0, 0.05) is 5.02 Å². The summed E-state index contributed by atoms with van der Waals surface area (Å²) in [5.74, 6) is 0.913. The molecule has 20 heavy (non-hydrogen) atoms. The number of rotatable bonds is 3. The Bertz CT molecular complexity index is 614. The molecule has 0 heterocycles. The molecule has 0 saturated carbocycles. The van der Waals surface area contributed by atoms with Crippen LogP contribution in [0.3, 0.4) is 0 Å². The van der Waals surface area contributed by atoms with E-state index in [0.29, 0.717) is 0 Å². The third-order valence-corrected chi connectivity index (χ3v) is 4.12. The first-order chi connectivity index (χ1) is 9.45. The Morgan fingerprint density at radius 2 is 1.65 bits per heavy atom. The number of methoxy groups -OCH3 is 1. The van der Waals surface area contributed by atoms with E-state index in [0.717, 1.165) is 38.6 Å². The molecule has 2 aromatic rings. The molecule has 0 aliphatic heterocycles. The summed E-state index contributed by atoms with van der Waals surface area (Å²) in [6.45, 7) is 6.04. The zero-order valence-electron chi connectivity index (χ0n) is 12.3. The molecule has 0 fully saturated rings. The van der Waals surface area contributed by atoms with Gasteiger partial charge in [0.05, 0.1) is 13.2 Å². The van der Waals surface area contributed by atoms with Crippen molar-refractivity contribution in [1.29, 1.82) is 0 Å². The fraction of sp³-hybridized carbons (Fsp3) is 0.294. The lowest BCUT2D eigenvalue weighted by Gasteiger charge is -2.18. The van der Waals surface area contributed by atoms with Gasteiger partial charge in [0.25, 0.3) is 0 Å². The molecule has 0 saturated heterocycles. The van der Waals surface area contributed by atoms with Crippen molar-refractivity contribution in [2.24, 2.45) is 5.73 Å². The summed E-state index contributed by atoms with van der Waals surface area (Å²) < 4.78 is 5.39. The number of hydrogen-bond acceptors (Lipinski definition) is 2. The summed E-state index contributed by atoms with van der Waals surface area (Å²) in [7, 11) is 1.69. The lowest BCUT2D eigenvalue weighted by Crippen LogP contribution is -2.13. The summed E-state index contributed by atoms with van der Waals surface area (Å²) in [6, 6.07) is 9.85. The average Bonchev–Trinajstić information content (AvgIpc) is 2.41. The molecule has 2 rings (SSSR count). The van der Waals surface area contributed by atoms with Crippen molar-refractivity contribution < 1.29 is 4.74 Å². The second kappa shape index (κ2) is 5.86. The maximum absolute atomic E-state index is 6.39. The largest absolute Gasteiger partial charge is 0.496 e. The highest BCUT2D eigenvalue weighted by Crippen LogP contribution is 2.32. The zero-order chi connectivity index (χ0) is 14.9. The van der Waals surface area contributed by atoms with Crippen LogP contribution in [0.2, 0.25) is 5.02 Å². The van der Waals surface area contributed by atoms with Crippen molar-refractivity contribution >= 4 is 11.6 Å². The molecule has 1 unspecified atom stereocenters. The first-order valence-corrected chi connectivity index (χ1v) is 6.99. The minimum absolute atomic E-state index is 0.231. The SMILES string of the molecule is COc1c(C)cc(C(N)c2cccc(C)c2Cl)cc1C. The Kier molecular flexibility index (Phi) is 4.36. The highest BCUT2D eigenvalue weighted by Gasteiger charge is 2.16. The Labute approximate surface area is 125 Å². The predicted molar refractivity (Wildman–Crippen MR) is 84.7 cm³/mol. The fourth-order valence-corrected chi connectivity index (χ4v) is 2.82.